The van der Waals surface area contributed by atoms with Crippen LogP contribution in [0.2, 0.25) is 0 Å². The van der Waals surface area contributed by atoms with Gasteiger partial charge in [-0.1, -0.05) is 46.3 Å². The van der Waals surface area contributed by atoms with Crippen LogP contribution in [0.15, 0.2) is 65.3 Å². The summed E-state index contributed by atoms with van der Waals surface area (Å²) in [7, 11) is 0. The lowest BCUT2D eigenvalue weighted by Gasteiger charge is -2.16. The van der Waals surface area contributed by atoms with Crippen LogP contribution in [-0.4, -0.2) is 15.6 Å². The Morgan fingerprint density at radius 1 is 1.14 bits per heavy atom. The molecule has 2 aromatic carbocycles. The summed E-state index contributed by atoms with van der Waals surface area (Å²) in [6, 6.07) is 17.3. The van der Waals surface area contributed by atoms with E-state index in [1.165, 1.54) is 0 Å². The van der Waals surface area contributed by atoms with Crippen molar-refractivity contribution in [1.29, 1.82) is 0 Å². The molecule has 1 atom stereocenters. The quantitative estimate of drug-likeness (QED) is 0.721. The van der Waals surface area contributed by atoms with E-state index in [-0.39, 0.29) is 0 Å². The SMILES string of the molecule is O=C(O)C(CCc1ccccc1)n1ccc2cc(Br)ccc21. The van der Waals surface area contributed by atoms with Crippen molar-refractivity contribution in [3.63, 3.8) is 0 Å². The number of carboxylic acid groups (broad SMARTS) is 1. The lowest BCUT2D eigenvalue weighted by atomic mass is 10.1. The number of aliphatic carboxylic acids is 1. The average Bonchev–Trinajstić information content (AvgIpc) is 2.91. The Kier molecular flexibility index (Phi) is 4.29. The largest absolute Gasteiger partial charge is 0.480 e. The van der Waals surface area contributed by atoms with Crippen molar-refractivity contribution in [2.45, 2.75) is 18.9 Å². The van der Waals surface area contributed by atoms with Crippen LogP contribution in [0.1, 0.15) is 18.0 Å². The maximum absolute atomic E-state index is 11.7. The van der Waals surface area contributed by atoms with Crippen LogP contribution in [0.25, 0.3) is 10.9 Å². The van der Waals surface area contributed by atoms with Crippen molar-refractivity contribution >= 4 is 32.8 Å². The molecule has 0 radical (unpaired) electrons. The molecule has 0 bridgehead atoms. The van der Waals surface area contributed by atoms with Crippen LogP contribution in [-0.2, 0) is 11.2 Å². The van der Waals surface area contributed by atoms with Gasteiger partial charge in [-0.05, 0) is 42.7 Å². The third-order valence-corrected chi connectivity index (χ3v) is 4.35. The Morgan fingerprint density at radius 2 is 1.91 bits per heavy atom. The van der Waals surface area contributed by atoms with Crippen LogP contribution in [0.3, 0.4) is 0 Å². The maximum atomic E-state index is 11.7. The van der Waals surface area contributed by atoms with Crippen LogP contribution in [0.4, 0.5) is 0 Å². The second-order valence-electron chi connectivity index (χ2n) is 5.30. The average molecular weight is 358 g/mol. The molecular weight excluding hydrogens is 342 g/mol. The number of halogens is 1. The summed E-state index contributed by atoms with van der Waals surface area (Å²) in [5.41, 5.74) is 2.11. The fourth-order valence-corrected chi connectivity index (χ4v) is 3.12. The van der Waals surface area contributed by atoms with Gasteiger partial charge in [-0.2, -0.15) is 0 Å². The molecule has 3 nitrogen and oxygen atoms in total. The molecule has 0 amide bonds. The van der Waals surface area contributed by atoms with Crippen molar-refractivity contribution in [2.75, 3.05) is 0 Å². The minimum Gasteiger partial charge on any atom is -0.480 e. The summed E-state index contributed by atoms with van der Waals surface area (Å²) < 4.78 is 2.85. The van der Waals surface area contributed by atoms with E-state index in [1.54, 1.807) is 0 Å². The Hall–Kier alpha value is -2.07. The molecule has 0 saturated heterocycles. The summed E-state index contributed by atoms with van der Waals surface area (Å²) in [4.78, 5) is 11.7. The van der Waals surface area contributed by atoms with Gasteiger partial charge < -0.3 is 9.67 Å². The highest BCUT2D eigenvalue weighted by molar-refractivity contribution is 9.10. The lowest BCUT2D eigenvalue weighted by molar-refractivity contribution is -0.141. The molecule has 112 valence electrons. The zero-order valence-electron chi connectivity index (χ0n) is 11.9. The van der Waals surface area contributed by atoms with Gasteiger partial charge >= 0.3 is 5.97 Å². The number of carboxylic acids is 1. The van der Waals surface area contributed by atoms with Gasteiger partial charge in [0, 0.05) is 21.6 Å². The molecule has 3 rings (SSSR count). The molecule has 4 heteroatoms. The van der Waals surface area contributed by atoms with E-state index in [9.17, 15) is 9.90 Å². The topological polar surface area (TPSA) is 42.2 Å². The molecule has 0 fully saturated rings. The van der Waals surface area contributed by atoms with Gasteiger partial charge in [0.1, 0.15) is 6.04 Å². The smallest absolute Gasteiger partial charge is 0.326 e. The van der Waals surface area contributed by atoms with E-state index in [2.05, 4.69) is 15.9 Å². The van der Waals surface area contributed by atoms with Crippen molar-refractivity contribution in [3.05, 3.63) is 70.8 Å². The molecule has 1 aromatic heterocycles. The number of benzene rings is 2. The first-order chi connectivity index (χ1) is 10.6. The molecular formula is C18H16BrNO2. The molecule has 0 saturated carbocycles. The van der Waals surface area contributed by atoms with E-state index in [0.29, 0.717) is 6.42 Å². The standard InChI is InChI=1S/C18H16BrNO2/c19-15-7-9-16-14(12-15)10-11-20(16)17(18(21)22)8-6-13-4-2-1-3-5-13/h1-5,7,9-12,17H,6,8H2,(H,21,22). The Labute approximate surface area is 137 Å². The van der Waals surface area contributed by atoms with Crippen molar-refractivity contribution in [1.82, 2.24) is 4.57 Å². The summed E-state index contributed by atoms with van der Waals surface area (Å²) in [6.45, 7) is 0. The predicted octanol–water partition coefficient (Wildman–Crippen LogP) is 4.66. The molecule has 0 spiro atoms. The first-order valence-corrected chi connectivity index (χ1v) is 7.97. The zero-order chi connectivity index (χ0) is 15.5. The molecule has 0 aliphatic rings. The summed E-state index contributed by atoms with van der Waals surface area (Å²) >= 11 is 3.44. The number of rotatable bonds is 5. The summed E-state index contributed by atoms with van der Waals surface area (Å²) in [5.74, 6) is -0.795. The fourth-order valence-electron chi connectivity index (χ4n) is 2.74. The molecule has 1 heterocycles. The van der Waals surface area contributed by atoms with E-state index in [4.69, 9.17) is 0 Å². The molecule has 1 unspecified atom stereocenters. The summed E-state index contributed by atoms with van der Waals surface area (Å²) in [6.07, 6.45) is 3.17. The third-order valence-electron chi connectivity index (χ3n) is 3.85. The molecule has 0 aliphatic carbocycles. The number of fused-ring (bicyclic) bond motifs is 1. The fraction of sp³-hybridized carbons (Fsp3) is 0.167. The van der Waals surface area contributed by atoms with Crippen LogP contribution in [0.5, 0.6) is 0 Å². The number of aromatic nitrogens is 1. The second kappa shape index (κ2) is 6.36. The Bertz CT molecular complexity index is 795. The first-order valence-electron chi connectivity index (χ1n) is 7.18. The third kappa shape index (κ3) is 3.07. The van der Waals surface area contributed by atoms with E-state index < -0.39 is 12.0 Å². The van der Waals surface area contributed by atoms with Gasteiger partial charge in [0.2, 0.25) is 0 Å². The molecule has 3 aromatic rings. The van der Waals surface area contributed by atoms with Gasteiger partial charge in [-0.3, -0.25) is 0 Å². The van der Waals surface area contributed by atoms with Gasteiger partial charge in [0.05, 0.1) is 0 Å². The number of carbonyl (C=O) groups is 1. The highest BCUT2D eigenvalue weighted by Crippen LogP contribution is 2.26. The van der Waals surface area contributed by atoms with E-state index in [0.717, 1.165) is 27.4 Å². The molecule has 1 N–H and O–H groups in total. The van der Waals surface area contributed by atoms with Crippen molar-refractivity contribution in [3.8, 4) is 0 Å². The highest BCUT2D eigenvalue weighted by atomic mass is 79.9. The number of aryl methyl sites for hydroxylation is 1. The highest BCUT2D eigenvalue weighted by Gasteiger charge is 2.20. The van der Waals surface area contributed by atoms with Crippen molar-refractivity contribution in [2.24, 2.45) is 0 Å². The minimum atomic E-state index is -0.795. The number of hydrogen-bond acceptors (Lipinski definition) is 1. The van der Waals surface area contributed by atoms with Crippen LogP contribution >= 0.6 is 15.9 Å². The van der Waals surface area contributed by atoms with Crippen LogP contribution in [0, 0.1) is 0 Å². The minimum absolute atomic E-state index is 0.557. The number of hydrogen-bond donors (Lipinski definition) is 1. The monoisotopic (exact) mass is 357 g/mol. The summed E-state index contributed by atoms with van der Waals surface area (Å²) in [5, 5.41) is 10.6. The van der Waals surface area contributed by atoms with Crippen molar-refractivity contribution < 1.29 is 9.90 Å². The number of nitrogens with zero attached hydrogens (tertiary/aromatic N) is 1. The maximum Gasteiger partial charge on any atom is 0.326 e. The van der Waals surface area contributed by atoms with Gasteiger partial charge in [0.15, 0.2) is 0 Å². The zero-order valence-corrected chi connectivity index (χ0v) is 13.5. The Morgan fingerprint density at radius 3 is 2.64 bits per heavy atom. The first kappa shape index (κ1) is 14.9. The molecule has 22 heavy (non-hydrogen) atoms. The normalized spacial score (nSPS) is 12.4. The van der Waals surface area contributed by atoms with Crippen LogP contribution < -0.4 is 0 Å². The van der Waals surface area contributed by atoms with Gasteiger partial charge in [0.25, 0.3) is 0 Å². The predicted molar refractivity (Wildman–Crippen MR) is 91.1 cm³/mol. The Balaban J connectivity index is 1.88. The van der Waals surface area contributed by atoms with Gasteiger partial charge in [-0.15, -0.1) is 0 Å². The van der Waals surface area contributed by atoms with E-state index in [1.807, 2.05) is 65.4 Å². The lowest BCUT2D eigenvalue weighted by Crippen LogP contribution is -2.19. The van der Waals surface area contributed by atoms with Gasteiger partial charge in [-0.25, -0.2) is 4.79 Å². The second-order valence-corrected chi connectivity index (χ2v) is 6.22. The van der Waals surface area contributed by atoms with E-state index >= 15 is 0 Å². The molecule has 0 aliphatic heterocycles.